The van der Waals surface area contributed by atoms with E-state index < -0.39 is 6.23 Å². The molecule has 0 radical (unpaired) electrons. The summed E-state index contributed by atoms with van der Waals surface area (Å²) in [5.41, 5.74) is 4.01. The van der Waals surface area contributed by atoms with Crippen molar-refractivity contribution in [3.8, 4) is 0 Å². The van der Waals surface area contributed by atoms with Crippen LogP contribution in [-0.4, -0.2) is 43.3 Å². The Kier molecular flexibility index (Phi) is 3.61. The minimum Gasteiger partial charge on any atom is -0.371 e. The average Bonchev–Trinajstić information content (AvgIpc) is 3.41. The Morgan fingerprint density at radius 1 is 1.00 bits per heavy atom. The summed E-state index contributed by atoms with van der Waals surface area (Å²) in [6.45, 7) is 0. The number of nitrogens with zero attached hydrogens (tertiary/aromatic N) is 2. The lowest BCUT2D eigenvalue weighted by Crippen LogP contribution is -2.47. The Morgan fingerprint density at radius 3 is 2.56 bits per heavy atom. The number of aromatic nitrogens is 1. The molecule has 0 bridgehead atoms. The Hall–Kier alpha value is -1.59. The molecule has 4 nitrogen and oxygen atoms in total. The van der Waals surface area contributed by atoms with Crippen LogP contribution in [0.25, 0.3) is 10.9 Å². The number of hydrogen-bond acceptors (Lipinski definition) is 2. The van der Waals surface area contributed by atoms with Crippen molar-refractivity contribution in [2.45, 2.75) is 75.7 Å². The molecule has 2 N–H and O–H groups in total. The van der Waals surface area contributed by atoms with E-state index >= 15 is 0 Å². The predicted octanol–water partition coefficient (Wildman–Crippen LogP) is 4.10. The maximum Gasteiger partial charge on any atom is 0.174 e. The highest BCUT2D eigenvalue weighted by atomic mass is 32.1. The van der Waals surface area contributed by atoms with Crippen LogP contribution >= 0.6 is 12.2 Å². The molecule has 3 atom stereocenters. The molecule has 0 spiro atoms. The van der Waals surface area contributed by atoms with Crippen molar-refractivity contribution in [1.29, 1.82) is 0 Å². The summed E-state index contributed by atoms with van der Waals surface area (Å²) in [5.74, 6) is 0.623. The molecule has 3 fully saturated rings. The Morgan fingerprint density at radius 2 is 1.78 bits per heavy atom. The van der Waals surface area contributed by atoms with Crippen molar-refractivity contribution < 1.29 is 5.11 Å². The van der Waals surface area contributed by atoms with Gasteiger partial charge in [-0.1, -0.05) is 37.5 Å². The molecule has 1 saturated heterocycles. The highest BCUT2D eigenvalue weighted by molar-refractivity contribution is 7.80. The van der Waals surface area contributed by atoms with Crippen molar-refractivity contribution in [3.05, 3.63) is 35.5 Å². The van der Waals surface area contributed by atoms with Gasteiger partial charge in [-0.05, 0) is 61.9 Å². The average molecular weight is 382 g/mol. The van der Waals surface area contributed by atoms with Crippen LogP contribution in [0.2, 0.25) is 0 Å². The van der Waals surface area contributed by atoms with Crippen LogP contribution in [0.5, 0.6) is 0 Å². The summed E-state index contributed by atoms with van der Waals surface area (Å²) >= 11 is 5.97. The highest BCUT2D eigenvalue weighted by Crippen LogP contribution is 2.50. The third-order valence-electron chi connectivity index (χ3n) is 7.32. The summed E-state index contributed by atoms with van der Waals surface area (Å²) in [5, 5.41) is 13.4. The molecule has 2 aliphatic heterocycles. The predicted molar refractivity (Wildman–Crippen MR) is 110 cm³/mol. The maximum absolute atomic E-state index is 11.2. The molecule has 4 aliphatic rings. The fraction of sp³-hybridized carbons (Fsp3) is 0.591. The number of hydrogen-bond donors (Lipinski definition) is 2. The Balaban J connectivity index is 1.50. The number of thiocarbonyl (C=S) groups is 1. The van der Waals surface area contributed by atoms with Gasteiger partial charge in [0.25, 0.3) is 0 Å². The summed E-state index contributed by atoms with van der Waals surface area (Å²) in [6.07, 6.45) is 9.28. The zero-order chi connectivity index (χ0) is 18.1. The molecule has 1 aromatic carbocycles. The van der Waals surface area contributed by atoms with E-state index in [2.05, 4.69) is 39.0 Å². The van der Waals surface area contributed by atoms with Gasteiger partial charge in [0.05, 0.1) is 12.1 Å². The summed E-state index contributed by atoms with van der Waals surface area (Å²) in [6, 6.07) is 9.49. The molecule has 0 amide bonds. The van der Waals surface area contributed by atoms with Gasteiger partial charge in [0.2, 0.25) is 0 Å². The van der Waals surface area contributed by atoms with Gasteiger partial charge in [-0.25, -0.2) is 0 Å². The number of benzene rings is 1. The van der Waals surface area contributed by atoms with E-state index in [0.717, 1.165) is 11.5 Å². The van der Waals surface area contributed by atoms with Crippen molar-refractivity contribution in [2.75, 3.05) is 0 Å². The van der Waals surface area contributed by atoms with Crippen LogP contribution in [0.1, 0.15) is 62.2 Å². The molecule has 142 valence electrons. The van der Waals surface area contributed by atoms with Crippen molar-refractivity contribution in [3.63, 3.8) is 0 Å². The van der Waals surface area contributed by atoms with E-state index in [0.29, 0.717) is 12.0 Å². The highest BCUT2D eigenvalue weighted by Gasteiger charge is 2.54. The number of aliphatic hydroxyl groups excluding tert-OH is 1. The first kappa shape index (κ1) is 16.4. The largest absolute Gasteiger partial charge is 0.371 e. The Labute approximate surface area is 165 Å². The lowest BCUT2D eigenvalue weighted by molar-refractivity contribution is 0.0149. The van der Waals surface area contributed by atoms with Crippen LogP contribution in [0, 0.1) is 5.92 Å². The van der Waals surface area contributed by atoms with E-state index in [4.69, 9.17) is 12.2 Å². The van der Waals surface area contributed by atoms with Gasteiger partial charge in [0.1, 0.15) is 6.23 Å². The fourth-order valence-corrected chi connectivity index (χ4v) is 6.43. The molecular weight excluding hydrogens is 354 g/mol. The van der Waals surface area contributed by atoms with Gasteiger partial charge in [-0.3, -0.25) is 0 Å². The zero-order valence-corrected chi connectivity index (χ0v) is 16.4. The van der Waals surface area contributed by atoms with Crippen LogP contribution in [0.4, 0.5) is 0 Å². The molecule has 3 unspecified atom stereocenters. The maximum atomic E-state index is 11.2. The first-order valence-corrected chi connectivity index (χ1v) is 11.0. The molecule has 27 heavy (non-hydrogen) atoms. The van der Waals surface area contributed by atoms with Gasteiger partial charge in [-0.2, -0.15) is 0 Å². The zero-order valence-electron chi connectivity index (χ0n) is 15.6. The van der Waals surface area contributed by atoms with E-state index in [-0.39, 0.29) is 12.1 Å². The lowest BCUT2D eigenvalue weighted by atomic mass is 9.78. The van der Waals surface area contributed by atoms with Gasteiger partial charge < -0.3 is 19.9 Å². The SMILES string of the molecule is OC1C2Cc3c([nH]c4ccccc34)C(C3CCCCC3)N2C(=S)N1C1CC1. The molecular formula is C22H27N3OS. The van der Waals surface area contributed by atoms with E-state index in [1.54, 1.807) is 0 Å². The number of H-pyrrole nitrogens is 1. The van der Waals surface area contributed by atoms with Crippen molar-refractivity contribution >= 4 is 28.2 Å². The van der Waals surface area contributed by atoms with E-state index in [1.165, 1.54) is 67.1 Å². The molecule has 3 heterocycles. The molecule has 2 aromatic rings. The first-order chi connectivity index (χ1) is 13.2. The number of nitrogens with one attached hydrogen (secondary N) is 1. The second-order valence-corrected chi connectivity index (χ2v) is 9.28. The fourth-order valence-electron chi connectivity index (χ4n) is 5.93. The second-order valence-electron chi connectivity index (χ2n) is 8.92. The smallest absolute Gasteiger partial charge is 0.174 e. The first-order valence-electron chi connectivity index (χ1n) is 10.6. The summed E-state index contributed by atoms with van der Waals surface area (Å²) in [7, 11) is 0. The van der Waals surface area contributed by atoms with Gasteiger partial charge >= 0.3 is 0 Å². The van der Waals surface area contributed by atoms with Gasteiger partial charge in [0, 0.05) is 22.6 Å². The number of aromatic amines is 1. The van der Waals surface area contributed by atoms with Crippen LogP contribution < -0.4 is 0 Å². The van der Waals surface area contributed by atoms with Crippen LogP contribution in [0.3, 0.4) is 0 Å². The molecule has 5 heteroatoms. The standard InChI is InChI=1S/C22H27N3OS/c26-21-18-12-16-15-8-4-5-9-17(15)23-19(16)20(13-6-2-1-3-7-13)25(18)22(27)24(21)14-10-11-14/h4-5,8-9,13-14,18,20-21,23,26H,1-3,6-7,10-12H2. The second kappa shape index (κ2) is 5.95. The van der Waals surface area contributed by atoms with Gasteiger partial charge in [0.15, 0.2) is 5.11 Å². The number of aliphatic hydroxyl groups is 1. The molecule has 2 aliphatic carbocycles. The molecule has 1 aromatic heterocycles. The third kappa shape index (κ3) is 2.34. The van der Waals surface area contributed by atoms with Crippen LogP contribution in [-0.2, 0) is 6.42 Å². The normalized spacial score (nSPS) is 31.4. The van der Waals surface area contributed by atoms with E-state index in [9.17, 15) is 5.11 Å². The summed E-state index contributed by atoms with van der Waals surface area (Å²) in [4.78, 5) is 8.36. The van der Waals surface area contributed by atoms with Crippen molar-refractivity contribution in [1.82, 2.24) is 14.8 Å². The van der Waals surface area contributed by atoms with Crippen molar-refractivity contribution in [2.24, 2.45) is 5.92 Å². The third-order valence-corrected chi connectivity index (χ3v) is 7.74. The van der Waals surface area contributed by atoms with Gasteiger partial charge in [-0.15, -0.1) is 0 Å². The summed E-state index contributed by atoms with van der Waals surface area (Å²) < 4.78 is 0. The Bertz CT molecular complexity index is 898. The molecule has 2 saturated carbocycles. The number of para-hydroxylation sites is 1. The number of fused-ring (bicyclic) bond motifs is 4. The number of rotatable bonds is 2. The van der Waals surface area contributed by atoms with E-state index in [1.807, 2.05) is 0 Å². The minimum absolute atomic E-state index is 0.0942. The monoisotopic (exact) mass is 381 g/mol. The van der Waals surface area contributed by atoms with Crippen LogP contribution in [0.15, 0.2) is 24.3 Å². The topological polar surface area (TPSA) is 42.5 Å². The quantitative estimate of drug-likeness (QED) is 0.769. The lowest BCUT2D eigenvalue weighted by Gasteiger charge is -2.43. The molecule has 6 rings (SSSR count). The minimum atomic E-state index is -0.460.